The fourth-order valence-corrected chi connectivity index (χ4v) is 4.74. The molecule has 1 aliphatic heterocycles. The first-order valence-corrected chi connectivity index (χ1v) is 12.1. The number of halogens is 1. The van der Waals surface area contributed by atoms with Crippen molar-refractivity contribution >= 4 is 51.4 Å². The highest BCUT2D eigenvalue weighted by atomic mass is 32.2. The molecular formula is C22H22FN5O3S2. The van der Waals surface area contributed by atoms with Gasteiger partial charge in [-0.3, -0.25) is 9.59 Å². The number of nitrogens with zero attached hydrogens (tertiary/aromatic N) is 2. The standard InChI is InChI=1S/C22H22FN5O3S2/c23-14-7-9-15(10-8-14)25-20(30)17-5-1-2-6-18(17)26-19(29)13-32-22-28-27-21(33-22)24-12-16-4-3-11-31-16/h1-2,5-10,16H,3-4,11-13H2,(H,24,27)(H,25,30)(H,26,29)/t16-/m1/s1. The summed E-state index contributed by atoms with van der Waals surface area (Å²) in [5.74, 6) is -0.949. The van der Waals surface area contributed by atoms with E-state index in [2.05, 4.69) is 26.1 Å². The van der Waals surface area contributed by atoms with Gasteiger partial charge < -0.3 is 20.7 Å². The van der Waals surface area contributed by atoms with Crippen molar-refractivity contribution in [2.45, 2.75) is 23.3 Å². The molecule has 0 bridgehead atoms. The maximum atomic E-state index is 13.1. The molecule has 0 spiro atoms. The number of aromatic nitrogens is 2. The molecule has 11 heteroatoms. The van der Waals surface area contributed by atoms with E-state index in [1.54, 1.807) is 24.3 Å². The van der Waals surface area contributed by atoms with Crippen LogP contribution >= 0.6 is 23.1 Å². The SMILES string of the molecule is O=C(CSc1nnc(NC[C@H]2CCCO2)s1)Nc1ccccc1C(=O)Nc1ccc(F)cc1. The summed E-state index contributed by atoms with van der Waals surface area (Å²) >= 11 is 2.65. The number of benzene rings is 2. The first-order valence-electron chi connectivity index (χ1n) is 10.3. The van der Waals surface area contributed by atoms with Gasteiger partial charge in [-0.25, -0.2) is 4.39 Å². The zero-order valence-electron chi connectivity index (χ0n) is 17.5. The number of carbonyl (C=O) groups is 2. The number of anilines is 3. The third-order valence-corrected chi connectivity index (χ3v) is 6.80. The molecule has 0 aliphatic carbocycles. The second-order valence-corrected chi connectivity index (χ2v) is 9.43. The molecule has 1 aromatic heterocycles. The van der Waals surface area contributed by atoms with Crippen LogP contribution in [-0.4, -0.2) is 47.0 Å². The van der Waals surface area contributed by atoms with Gasteiger partial charge in [0.25, 0.3) is 5.91 Å². The number of rotatable bonds is 9. The van der Waals surface area contributed by atoms with Gasteiger partial charge in [0.15, 0.2) is 4.34 Å². The maximum Gasteiger partial charge on any atom is 0.257 e. The Morgan fingerprint density at radius 2 is 1.94 bits per heavy atom. The third-order valence-electron chi connectivity index (χ3n) is 4.79. The van der Waals surface area contributed by atoms with Crippen molar-refractivity contribution in [3.8, 4) is 0 Å². The van der Waals surface area contributed by atoms with Gasteiger partial charge in [-0.2, -0.15) is 0 Å². The Morgan fingerprint density at radius 1 is 1.12 bits per heavy atom. The summed E-state index contributed by atoms with van der Waals surface area (Å²) < 4.78 is 19.3. The number of ether oxygens (including phenoxy) is 1. The second kappa shape index (κ2) is 11.2. The predicted octanol–water partition coefficient (Wildman–Crippen LogP) is 4.25. The topological polar surface area (TPSA) is 105 Å². The van der Waals surface area contributed by atoms with Crippen molar-refractivity contribution in [2.24, 2.45) is 0 Å². The summed E-state index contributed by atoms with van der Waals surface area (Å²) in [7, 11) is 0. The van der Waals surface area contributed by atoms with Crippen LogP contribution in [0.3, 0.4) is 0 Å². The van der Waals surface area contributed by atoms with Crippen LogP contribution in [0.1, 0.15) is 23.2 Å². The van der Waals surface area contributed by atoms with Crippen molar-refractivity contribution < 1.29 is 18.7 Å². The predicted molar refractivity (Wildman–Crippen MR) is 128 cm³/mol. The molecule has 4 rings (SSSR count). The lowest BCUT2D eigenvalue weighted by Crippen LogP contribution is -2.19. The lowest BCUT2D eigenvalue weighted by Gasteiger charge is -2.11. The molecular weight excluding hydrogens is 465 g/mol. The third kappa shape index (κ3) is 6.73. The van der Waals surface area contributed by atoms with E-state index in [1.807, 2.05) is 0 Å². The lowest BCUT2D eigenvalue weighted by atomic mass is 10.1. The Labute approximate surface area is 198 Å². The van der Waals surface area contributed by atoms with E-state index in [-0.39, 0.29) is 23.6 Å². The molecule has 2 amide bonds. The van der Waals surface area contributed by atoms with E-state index in [0.717, 1.165) is 19.4 Å². The Kier molecular flexibility index (Phi) is 7.87. The highest BCUT2D eigenvalue weighted by Gasteiger charge is 2.17. The number of amides is 2. The zero-order chi connectivity index (χ0) is 23.0. The van der Waals surface area contributed by atoms with Gasteiger partial charge in [0, 0.05) is 18.8 Å². The molecule has 8 nitrogen and oxygen atoms in total. The molecule has 1 fully saturated rings. The first kappa shape index (κ1) is 23.1. The van der Waals surface area contributed by atoms with Crippen LogP contribution < -0.4 is 16.0 Å². The summed E-state index contributed by atoms with van der Waals surface area (Å²) in [6, 6.07) is 12.2. The molecule has 0 radical (unpaired) electrons. The van der Waals surface area contributed by atoms with E-state index in [1.165, 1.54) is 47.4 Å². The maximum absolute atomic E-state index is 13.1. The number of para-hydroxylation sites is 1. The number of hydrogen-bond acceptors (Lipinski definition) is 8. The quantitative estimate of drug-likeness (QED) is 0.388. The average molecular weight is 488 g/mol. The van der Waals surface area contributed by atoms with Crippen molar-refractivity contribution in [3.63, 3.8) is 0 Å². The summed E-state index contributed by atoms with van der Waals surface area (Å²) in [6.07, 6.45) is 2.32. The van der Waals surface area contributed by atoms with E-state index in [4.69, 9.17) is 4.74 Å². The minimum absolute atomic E-state index is 0.119. The highest BCUT2D eigenvalue weighted by molar-refractivity contribution is 8.01. The molecule has 172 valence electrons. The van der Waals surface area contributed by atoms with Crippen LogP contribution in [0.2, 0.25) is 0 Å². The summed E-state index contributed by atoms with van der Waals surface area (Å²) in [5.41, 5.74) is 1.15. The van der Waals surface area contributed by atoms with Gasteiger partial charge in [-0.05, 0) is 49.2 Å². The molecule has 1 atom stereocenters. The Balaban J connectivity index is 1.29. The van der Waals surface area contributed by atoms with Gasteiger partial charge >= 0.3 is 0 Å². The summed E-state index contributed by atoms with van der Waals surface area (Å²) in [4.78, 5) is 25.1. The van der Waals surface area contributed by atoms with Gasteiger partial charge in [0.2, 0.25) is 11.0 Å². The van der Waals surface area contributed by atoms with Crippen molar-refractivity contribution in [1.82, 2.24) is 10.2 Å². The Hall–Kier alpha value is -3.02. The van der Waals surface area contributed by atoms with E-state index < -0.39 is 5.91 Å². The van der Waals surface area contributed by atoms with Crippen molar-refractivity contribution in [2.75, 3.05) is 34.9 Å². The fraction of sp³-hybridized carbons (Fsp3) is 0.273. The molecule has 2 heterocycles. The molecule has 1 saturated heterocycles. The van der Waals surface area contributed by atoms with E-state index in [0.29, 0.717) is 33.0 Å². The second-order valence-electron chi connectivity index (χ2n) is 7.23. The van der Waals surface area contributed by atoms with Gasteiger partial charge in [-0.15, -0.1) is 10.2 Å². The van der Waals surface area contributed by atoms with E-state index >= 15 is 0 Å². The first-order chi connectivity index (χ1) is 16.1. The highest BCUT2D eigenvalue weighted by Crippen LogP contribution is 2.26. The van der Waals surface area contributed by atoms with Crippen molar-refractivity contribution in [1.29, 1.82) is 0 Å². The lowest BCUT2D eigenvalue weighted by molar-refractivity contribution is -0.113. The number of carbonyl (C=O) groups excluding carboxylic acids is 2. The van der Waals surface area contributed by atoms with Crippen LogP contribution in [0.5, 0.6) is 0 Å². The fourth-order valence-electron chi connectivity index (χ4n) is 3.18. The van der Waals surface area contributed by atoms with Crippen LogP contribution in [0.25, 0.3) is 0 Å². The van der Waals surface area contributed by atoms with Crippen LogP contribution in [0, 0.1) is 5.82 Å². The Morgan fingerprint density at radius 3 is 2.73 bits per heavy atom. The van der Waals surface area contributed by atoms with Gasteiger partial charge in [0.05, 0.1) is 23.1 Å². The molecule has 0 unspecified atom stereocenters. The number of hydrogen-bond donors (Lipinski definition) is 3. The van der Waals surface area contributed by atoms with E-state index in [9.17, 15) is 14.0 Å². The minimum atomic E-state index is -0.406. The molecule has 0 saturated carbocycles. The monoisotopic (exact) mass is 487 g/mol. The molecule has 2 aromatic carbocycles. The molecule has 3 aromatic rings. The molecule has 33 heavy (non-hydrogen) atoms. The van der Waals surface area contributed by atoms with Gasteiger partial charge in [-0.1, -0.05) is 35.2 Å². The molecule has 1 aliphatic rings. The van der Waals surface area contributed by atoms with Crippen LogP contribution in [0.15, 0.2) is 52.9 Å². The minimum Gasteiger partial charge on any atom is -0.376 e. The largest absolute Gasteiger partial charge is 0.376 e. The van der Waals surface area contributed by atoms with Crippen LogP contribution in [0.4, 0.5) is 20.9 Å². The zero-order valence-corrected chi connectivity index (χ0v) is 19.2. The van der Waals surface area contributed by atoms with Gasteiger partial charge in [0.1, 0.15) is 5.82 Å². The molecule has 3 N–H and O–H groups in total. The normalized spacial score (nSPS) is 15.2. The number of thioether (sulfide) groups is 1. The smallest absolute Gasteiger partial charge is 0.257 e. The number of nitrogens with one attached hydrogen (secondary N) is 3. The van der Waals surface area contributed by atoms with Crippen molar-refractivity contribution in [3.05, 3.63) is 59.9 Å². The van der Waals surface area contributed by atoms with Crippen LogP contribution in [-0.2, 0) is 9.53 Å². The summed E-state index contributed by atoms with van der Waals surface area (Å²) in [6.45, 7) is 1.49. The Bertz CT molecular complexity index is 1100. The summed E-state index contributed by atoms with van der Waals surface area (Å²) in [5, 5.41) is 17.6. The average Bonchev–Trinajstić information content (AvgIpc) is 3.50.